The number of allylic oxidation sites excluding steroid dienone is 1. The summed E-state index contributed by atoms with van der Waals surface area (Å²) >= 11 is 3.35. The van der Waals surface area contributed by atoms with Crippen LogP contribution >= 0.6 is 15.9 Å². The topological polar surface area (TPSA) is 55.8 Å². The van der Waals surface area contributed by atoms with Crippen LogP contribution in [0.5, 0.6) is 17.2 Å². The molecular formula is C19H19BrO4. The van der Waals surface area contributed by atoms with Crippen molar-refractivity contribution in [3.63, 3.8) is 0 Å². The van der Waals surface area contributed by atoms with Crippen molar-refractivity contribution in [1.82, 2.24) is 0 Å². The van der Waals surface area contributed by atoms with Gasteiger partial charge in [0.05, 0.1) is 13.2 Å². The van der Waals surface area contributed by atoms with Gasteiger partial charge in [0.1, 0.15) is 5.75 Å². The van der Waals surface area contributed by atoms with Crippen LogP contribution in [-0.4, -0.2) is 24.1 Å². The summed E-state index contributed by atoms with van der Waals surface area (Å²) < 4.78 is 11.3. The Kier molecular flexibility index (Phi) is 6.04. The largest absolute Gasteiger partial charge is 0.504 e. The second-order valence-electron chi connectivity index (χ2n) is 5.43. The maximum Gasteiger partial charge on any atom is 0.185 e. The van der Waals surface area contributed by atoms with Gasteiger partial charge < -0.3 is 14.6 Å². The van der Waals surface area contributed by atoms with Gasteiger partial charge in [-0.15, -0.1) is 0 Å². The molecule has 4 nitrogen and oxygen atoms in total. The molecule has 0 amide bonds. The summed E-state index contributed by atoms with van der Waals surface area (Å²) in [5, 5.41) is 9.70. The predicted molar refractivity (Wildman–Crippen MR) is 97.9 cm³/mol. The number of halogens is 1. The first-order valence-corrected chi connectivity index (χ1v) is 8.25. The SMILES string of the molecule is COc1cc(/C=C/C(=O)c2ccc(OC(C)C)cc2)c(Br)cc1O. The molecule has 5 heteroatoms. The van der Waals surface area contributed by atoms with Crippen LogP contribution in [0.1, 0.15) is 29.8 Å². The Labute approximate surface area is 149 Å². The third-order valence-corrected chi connectivity index (χ3v) is 3.91. The maximum atomic E-state index is 12.3. The van der Waals surface area contributed by atoms with Gasteiger partial charge in [0.15, 0.2) is 17.3 Å². The quantitative estimate of drug-likeness (QED) is 0.565. The zero-order valence-corrected chi connectivity index (χ0v) is 15.3. The molecule has 0 aromatic heterocycles. The van der Waals surface area contributed by atoms with Gasteiger partial charge in [-0.05, 0) is 68.0 Å². The van der Waals surface area contributed by atoms with Crippen LogP contribution in [-0.2, 0) is 0 Å². The van der Waals surface area contributed by atoms with E-state index in [4.69, 9.17) is 9.47 Å². The number of carbonyl (C=O) groups excluding carboxylic acids is 1. The van der Waals surface area contributed by atoms with E-state index in [1.165, 1.54) is 19.3 Å². The molecule has 0 aliphatic carbocycles. The third kappa shape index (κ3) is 4.61. The van der Waals surface area contributed by atoms with Gasteiger partial charge in [0.25, 0.3) is 0 Å². The molecule has 0 aliphatic rings. The monoisotopic (exact) mass is 390 g/mol. The van der Waals surface area contributed by atoms with E-state index in [1.54, 1.807) is 36.4 Å². The molecule has 0 atom stereocenters. The number of aromatic hydroxyl groups is 1. The number of phenolic OH excluding ortho intramolecular Hbond substituents is 1. The molecule has 1 N–H and O–H groups in total. The van der Waals surface area contributed by atoms with Gasteiger partial charge in [-0.3, -0.25) is 4.79 Å². The second kappa shape index (κ2) is 8.02. The standard InChI is InChI=1S/C19H19BrO4/c1-12(2)24-15-7-4-13(5-8-15)17(21)9-6-14-10-19(23-3)18(22)11-16(14)20/h4-12,22H,1-3H3/b9-6+. The lowest BCUT2D eigenvalue weighted by atomic mass is 10.1. The molecule has 0 unspecified atom stereocenters. The van der Waals surface area contributed by atoms with Crippen molar-refractivity contribution in [3.8, 4) is 17.2 Å². The number of hydrogen-bond acceptors (Lipinski definition) is 4. The lowest BCUT2D eigenvalue weighted by Crippen LogP contribution is -2.05. The van der Waals surface area contributed by atoms with Crippen molar-refractivity contribution >= 4 is 27.8 Å². The summed E-state index contributed by atoms with van der Waals surface area (Å²) in [7, 11) is 1.47. The highest BCUT2D eigenvalue weighted by Crippen LogP contribution is 2.33. The van der Waals surface area contributed by atoms with Crippen molar-refractivity contribution in [1.29, 1.82) is 0 Å². The Balaban J connectivity index is 2.15. The predicted octanol–water partition coefficient (Wildman–Crippen LogP) is 4.85. The number of ketones is 1. The number of benzene rings is 2. The summed E-state index contributed by atoms with van der Waals surface area (Å²) in [6, 6.07) is 10.2. The fraction of sp³-hybridized carbons (Fsp3) is 0.211. The van der Waals surface area contributed by atoms with E-state index < -0.39 is 0 Å². The van der Waals surface area contributed by atoms with E-state index in [0.717, 1.165) is 11.3 Å². The second-order valence-corrected chi connectivity index (χ2v) is 6.29. The van der Waals surface area contributed by atoms with Gasteiger partial charge in [-0.1, -0.05) is 15.9 Å². The van der Waals surface area contributed by atoms with E-state index in [-0.39, 0.29) is 17.6 Å². The van der Waals surface area contributed by atoms with Gasteiger partial charge in [0.2, 0.25) is 0 Å². The van der Waals surface area contributed by atoms with Crippen molar-refractivity contribution in [2.24, 2.45) is 0 Å². The van der Waals surface area contributed by atoms with Gasteiger partial charge in [-0.25, -0.2) is 0 Å². The van der Waals surface area contributed by atoms with Crippen molar-refractivity contribution in [3.05, 3.63) is 58.1 Å². The Morgan fingerprint density at radius 3 is 2.46 bits per heavy atom. The van der Waals surface area contributed by atoms with Crippen molar-refractivity contribution in [2.75, 3.05) is 7.11 Å². The summed E-state index contributed by atoms with van der Waals surface area (Å²) in [5.41, 5.74) is 1.31. The molecule has 0 saturated heterocycles. The average Bonchev–Trinajstić information content (AvgIpc) is 2.54. The average molecular weight is 391 g/mol. The Morgan fingerprint density at radius 2 is 1.88 bits per heavy atom. The molecule has 0 aliphatic heterocycles. The van der Waals surface area contributed by atoms with Crippen LogP contribution in [0, 0.1) is 0 Å². The molecule has 0 saturated carbocycles. The third-order valence-electron chi connectivity index (χ3n) is 3.22. The number of hydrogen-bond donors (Lipinski definition) is 1. The molecule has 0 fully saturated rings. The van der Waals surface area contributed by atoms with Crippen molar-refractivity contribution in [2.45, 2.75) is 20.0 Å². The molecule has 2 rings (SSSR count). The van der Waals surface area contributed by atoms with Crippen LogP contribution < -0.4 is 9.47 Å². The van der Waals surface area contributed by atoms with E-state index in [1.807, 2.05) is 13.8 Å². The van der Waals surface area contributed by atoms with Crippen LogP contribution in [0.4, 0.5) is 0 Å². The van der Waals surface area contributed by atoms with Crippen LogP contribution in [0.25, 0.3) is 6.08 Å². The minimum atomic E-state index is -0.120. The molecular weight excluding hydrogens is 372 g/mol. The Hall–Kier alpha value is -2.27. The summed E-state index contributed by atoms with van der Waals surface area (Å²) in [5.74, 6) is 0.996. The molecule has 2 aromatic rings. The minimum absolute atomic E-state index is 0.0357. The Morgan fingerprint density at radius 1 is 1.21 bits per heavy atom. The van der Waals surface area contributed by atoms with Gasteiger partial charge >= 0.3 is 0 Å². The number of carbonyl (C=O) groups is 1. The first-order valence-electron chi connectivity index (χ1n) is 7.46. The lowest BCUT2D eigenvalue weighted by molar-refractivity contribution is 0.104. The molecule has 126 valence electrons. The summed E-state index contributed by atoms with van der Waals surface area (Å²) in [6.45, 7) is 3.90. The minimum Gasteiger partial charge on any atom is -0.504 e. The highest BCUT2D eigenvalue weighted by atomic mass is 79.9. The highest BCUT2D eigenvalue weighted by molar-refractivity contribution is 9.10. The maximum absolute atomic E-state index is 12.3. The zero-order valence-electron chi connectivity index (χ0n) is 13.7. The number of ether oxygens (including phenoxy) is 2. The smallest absolute Gasteiger partial charge is 0.185 e. The van der Waals surface area contributed by atoms with Gasteiger partial charge in [-0.2, -0.15) is 0 Å². The lowest BCUT2D eigenvalue weighted by Gasteiger charge is -2.09. The summed E-state index contributed by atoms with van der Waals surface area (Å²) in [4.78, 5) is 12.3. The van der Waals surface area contributed by atoms with Crippen LogP contribution in [0.15, 0.2) is 46.9 Å². The molecule has 2 aromatic carbocycles. The fourth-order valence-corrected chi connectivity index (χ4v) is 2.54. The molecule has 0 heterocycles. The fourth-order valence-electron chi connectivity index (χ4n) is 2.08. The van der Waals surface area contributed by atoms with E-state index in [9.17, 15) is 9.90 Å². The van der Waals surface area contributed by atoms with E-state index in [0.29, 0.717) is 15.8 Å². The number of methoxy groups -OCH3 is 1. The molecule has 24 heavy (non-hydrogen) atoms. The molecule has 0 radical (unpaired) electrons. The number of rotatable bonds is 6. The molecule has 0 spiro atoms. The first-order chi connectivity index (χ1) is 11.4. The van der Waals surface area contributed by atoms with Gasteiger partial charge in [0, 0.05) is 10.0 Å². The van der Waals surface area contributed by atoms with E-state index in [2.05, 4.69) is 15.9 Å². The zero-order chi connectivity index (χ0) is 17.7. The number of phenols is 1. The van der Waals surface area contributed by atoms with Crippen LogP contribution in [0.2, 0.25) is 0 Å². The van der Waals surface area contributed by atoms with Crippen LogP contribution in [0.3, 0.4) is 0 Å². The first kappa shape index (κ1) is 18.1. The summed E-state index contributed by atoms with van der Waals surface area (Å²) in [6.07, 6.45) is 3.25. The van der Waals surface area contributed by atoms with E-state index >= 15 is 0 Å². The normalized spacial score (nSPS) is 11.0. The molecule has 0 bridgehead atoms. The Bertz CT molecular complexity index is 749. The van der Waals surface area contributed by atoms with Crippen molar-refractivity contribution < 1.29 is 19.4 Å². The highest BCUT2D eigenvalue weighted by Gasteiger charge is 2.07.